The highest BCUT2D eigenvalue weighted by atomic mass is 19.1. The molecule has 90 valence electrons. The molecule has 0 aromatic heterocycles. The smallest absolute Gasteiger partial charge is 0.143 e. The van der Waals surface area contributed by atoms with Crippen molar-refractivity contribution in [3.63, 3.8) is 0 Å². The highest BCUT2D eigenvalue weighted by molar-refractivity contribution is 5.52. The number of hydrogen-bond acceptors (Lipinski definition) is 3. The number of anilines is 1. The highest BCUT2D eigenvalue weighted by Crippen LogP contribution is 2.30. The van der Waals surface area contributed by atoms with Gasteiger partial charge >= 0.3 is 0 Å². The van der Waals surface area contributed by atoms with Gasteiger partial charge in [-0.05, 0) is 30.5 Å². The molecular formula is C13H15FN2O. The van der Waals surface area contributed by atoms with Gasteiger partial charge in [0.1, 0.15) is 11.9 Å². The van der Waals surface area contributed by atoms with Crippen LogP contribution < -0.4 is 4.90 Å². The summed E-state index contributed by atoms with van der Waals surface area (Å²) in [7, 11) is 0. The van der Waals surface area contributed by atoms with E-state index < -0.39 is 5.82 Å². The lowest BCUT2D eigenvalue weighted by Crippen LogP contribution is -2.35. The van der Waals surface area contributed by atoms with E-state index in [2.05, 4.69) is 6.92 Å². The molecular weight excluding hydrogens is 219 g/mol. The summed E-state index contributed by atoms with van der Waals surface area (Å²) in [5, 5.41) is 18.0. The Balaban J connectivity index is 2.29. The second kappa shape index (κ2) is 4.72. The van der Waals surface area contributed by atoms with E-state index in [1.165, 1.54) is 12.1 Å². The zero-order valence-corrected chi connectivity index (χ0v) is 9.73. The fraction of sp³-hybridized carbons (Fsp3) is 0.462. The van der Waals surface area contributed by atoms with Gasteiger partial charge in [0.05, 0.1) is 18.2 Å². The van der Waals surface area contributed by atoms with E-state index in [9.17, 15) is 9.50 Å². The fourth-order valence-corrected chi connectivity index (χ4v) is 2.38. The predicted octanol–water partition coefficient (Wildman–Crippen LogP) is 1.90. The van der Waals surface area contributed by atoms with Crippen molar-refractivity contribution < 1.29 is 9.50 Å². The summed E-state index contributed by atoms with van der Waals surface area (Å²) in [6, 6.07) is 6.45. The molecule has 1 N–H and O–H groups in total. The summed E-state index contributed by atoms with van der Waals surface area (Å²) >= 11 is 0. The van der Waals surface area contributed by atoms with Crippen molar-refractivity contribution in [3.05, 3.63) is 29.6 Å². The zero-order valence-electron chi connectivity index (χ0n) is 9.73. The van der Waals surface area contributed by atoms with Gasteiger partial charge in [0.2, 0.25) is 0 Å². The first kappa shape index (κ1) is 11.9. The average molecular weight is 234 g/mol. The van der Waals surface area contributed by atoms with E-state index in [0.29, 0.717) is 5.92 Å². The van der Waals surface area contributed by atoms with Crippen molar-refractivity contribution in [2.75, 3.05) is 18.1 Å². The van der Waals surface area contributed by atoms with E-state index in [1.807, 2.05) is 4.90 Å². The number of nitriles is 1. The minimum atomic E-state index is -0.499. The molecule has 0 radical (unpaired) electrons. The van der Waals surface area contributed by atoms with E-state index >= 15 is 0 Å². The molecule has 1 fully saturated rings. The van der Waals surface area contributed by atoms with Gasteiger partial charge in [0.15, 0.2) is 0 Å². The van der Waals surface area contributed by atoms with Crippen molar-refractivity contribution >= 4 is 5.69 Å². The topological polar surface area (TPSA) is 47.3 Å². The van der Waals surface area contributed by atoms with Crippen LogP contribution in [0.15, 0.2) is 18.2 Å². The van der Waals surface area contributed by atoms with Gasteiger partial charge in [0.25, 0.3) is 0 Å². The number of hydrogen-bond donors (Lipinski definition) is 1. The van der Waals surface area contributed by atoms with Gasteiger partial charge in [-0.15, -0.1) is 0 Å². The van der Waals surface area contributed by atoms with Crippen LogP contribution in [0.3, 0.4) is 0 Å². The number of aliphatic hydroxyl groups is 1. The molecule has 2 unspecified atom stereocenters. The Hall–Kier alpha value is -1.60. The molecule has 2 atom stereocenters. The standard InChI is InChI=1S/C13H15FN2O/c1-9-4-5-16(13(9)8-17)11-3-2-10(7-15)12(14)6-11/h2-3,6,9,13,17H,4-5,8H2,1H3. The van der Waals surface area contributed by atoms with Crippen LogP contribution in [0.2, 0.25) is 0 Å². The van der Waals surface area contributed by atoms with Crippen LogP contribution in [0, 0.1) is 23.1 Å². The van der Waals surface area contributed by atoms with Crippen molar-refractivity contribution in [2.24, 2.45) is 5.92 Å². The molecule has 3 nitrogen and oxygen atoms in total. The maximum absolute atomic E-state index is 13.5. The molecule has 1 aromatic rings. The molecule has 1 saturated heterocycles. The third kappa shape index (κ3) is 2.11. The fourth-order valence-electron chi connectivity index (χ4n) is 2.38. The molecule has 1 aliphatic rings. The Kier molecular flexibility index (Phi) is 3.30. The summed E-state index contributed by atoms with van der Waals surface area (Å²) in [5.74, 6) is -0.0973. The lowest BCUT2D eigenvalue weighted by Gasteiger charge is -2.27. The van der Waals surface area contributed by atoms with Crippen LogP contribution in [0.1, 0.15) is 18.9 Å². The average Bonchev–Trinajstić information content (AvgIpc) is 2.70. The number of nitrogens with zero attached hydrogens (tertiary/aromatic N) is 2. The van der Waals surface area contributed by atoms with Crippen molar-refractivity contribution in [1.29, 1.82) is 5.26 Å². The maximum Gasteiger partial charge on any atom is 0.143 e. The van der Waals surface area contributed by atoms with Crippen molar-refractivity contribution in [2.45, 2.75) is 19.4 Å². The maximum atomic E-state index is 13.5. The van der Waals surface area contributed by atoms with E-state index in [4.69, 9.17) is 5.26 Å². The molecule has 17 heavy (non-hydrogen) atoms. The summed E-state index contributed by atoms with van der Waals surface area (Å²) in [6.45, 7) is 2.97. The first-order chi connectivity index (χ1) is 8.17. The summed E-state index contributed by atoms with van der Waals surface area (Å²) in [6.07, 6.45) is 0.993. The Morgan fingerprint density at radius 3 is 2.94 bits per heavy atom. The van der Waals surface area contributed by atoms with Crippen LogP contribution in [0.25, 0.3) is 0 Å². The quantitative estimate of drug-likeness (QED) is 0.850. The van der Waals surface area contributed by atoms with Gasteiger partial charge in [-0.3, -0.25) is 0 Å². The molecule has 0 spiro atoms. The van der Waals surface area contributed by atoms with E-state index in [1.54, 1.807) is 12.1 Å². The molecule has 0 saturated carbocycles. The molecule has 4 heteroatoms. The molecule has 1 aliphatic heterocycles. The van der Waals surface area contributed by atoms with E-state index in [0.717, 1.165) is 18.7 Å². The predicted molar refractivity (Wildman–Crippen MR) is 63.1 cm³/mol. The SMILES string of the molecule is CC1CCN(c2ccc(C#N)c(F)c2)C1CO. The number of benzene rings is 1. The molecule has 0 aliphatic carbocycles. The van der Waals surface area contributed by atoms with Crippen molar-refractivity contribution in [1.82, 2.24) is 0 Å². The second-order valence-electron chi connectivity index (χ2n) is 4.49. The normalized spacial score (nSPS) is 23.8. The lowest BCUT2D eigenvalue weighted by molar-refractivity contribution is 0.244. The van der Waals surface area contributed by atoms with Crippen molar-refractivity contribution in [3.8, 4) is 6.07 Å². The molecule has 0 amide bonds. The Labute approximate surface area is 100 Å². The second-order valence-corrected chi connectivity index (χ2v) is 4.49. The lowest BCUT2D eigenvalue weighted by atomic mass is 10.0. The van der Waals surface area contributed by atoms with Crippen LogP contribution in [0.5, 0.6) is 0 Å². The molecule has 0 bridgehead atoms. The first-order valence-corrected chi connectivity index (χ1v) is 5.74. The summed E-state index contributed by atoms with van der Waals surface area (Å²) in [4.78, 5) is 2.01. The van der Waals surface area contributed by atoms with Gasteiger partial charge in [0, 0.05) is 12.2 Å². The third-order valence-corrected chi connectivity index (χ3v) is 3.47. The number of halogens is 1. The highest BCUT2D eigenvalue weighted by Gasteiger charge is 2.30. The Morgan fingerprint density at radius 2 is 2.35 bits per heavy atom. The van der Waals surface area contributed by atoms with E-state index in [-0.39, 0.29) is 18.2 Å². The number of aliphatic hydroxyl groups excluding tert-OH is 1. The summed E-state index contributed by atoms with van der Waals surface area (Å²) in [5.41, 5.74) is 0.798. The largest absolute Gasteiger partial charge is 0.394 e. The van der Waals surface area contributed by atoms with Gasteiger partial charge in [-0.1, -0.05) is 6.92 Å². The van der Waals surface area contributed by atoms with Gasteiger partial charge in [-0.25, -0.2) is 4.39 Å². The van der Waals surface area contributed by atoms with Crippen LogP contribution >= 0.6 is 0 Å². The van der Waals surface area contributed by atoms with Crippen LogP contribution in [-0.4, -0.2) is 24.3 Å². The number of rotatable bonds is 2. The van der Waals surface area contributed by atoms with Gasteiger partial charge < -0.3 is 10.0 Å². The molecule has 2 rings (SSSR count). The van der Waals surface area contributed by atoms with Gasteiger partial charge in [-0.2, -0.15) is 5.26 Å². The minimum Gasteiger partial charge on any atom is -0.394 e. The monoisotopic (exact) mass is 234 g/mol. The zero-order chi connectivity index (χ0) is 12.4. The Bertz CT molecular complexity index is 455. The molecule has 1 aromatic carbocycles. The Morgan fingerprint density at radius 1 is 1.59 bits per heavy atom. The minimum absolute atomic E-state index is 0.0438. The van der Waals surface area contributed by atoms with Crippen LogP contribution in [0.4, 0.5) is 10.1 Å². The van der Waals surface area contributed by atoms with Crippen LogP contribution in [-0.2, 0) is 0 Å². The third-order valence-electron chi connectivity index (χ3n) is 3.47. The molecule has 1 heterocycles. The first-order valence-electron chi connectivity index (χ1n) is 5.74. The summed E-state index contributed by atoms with van der Waals surface area (Å²) < 4.78 is 13.5.